The summed E-state index contributed by atoms with van der Waals surface area (Å²) in [5.74, 6) is 1.13. The molecule has 1 aliphatic rings. The molecule has 0 spiro atoms. The number of anilines is 2. The summed E-state index contributed by atoms with van der Waals surface area (Å²) in [6.07, 6.45) is 0. The second-order valence-corrected chi connectivity index (χ2v) is 7.67. The van der Waals surface area contributed by atoms with Crippen LogP contribution in [0.2, 0.25) is 10.0 Å². The van der Waals surface area contributed by atoms with Gasteiger partial charge in [0.05, 0.1) is 16.2 Å². The van der Waals surface area contributed by atoms with E-state index in [-0.39, 0.29) is 12.5 Å². The van der Waals surface area contributed by atoms with Crippen molar-refractivity contribution in [2.24, 2.45) is 0 Å². The molecular weight excluding hydrogens is 427 g/mol. The van der Waals surface area contributed by atoms with E-state index in [9.17, 15) is 4.79 Å². The number of halogens is 2. The first-order valence-corrected chi connectivity index (χ1v) is 10.2. The van der Waals surface area contributed by atoms with Gasteiger partial charge >= 0.3 is 0 Å². The molecule has 156 valence electrons. The maximum Gasteiger partial charge on any atom is 0.263 e. The fourth-order valence-corrected chi connectivity index (χ4v) is 3.60. The number of fused-ring (bicyclic) bond motifs is 1. The lowest BCUT2D eigenvalue weighted by molar-refractivity contribution is -0.118. The number of ether oxygens (including phenoxy) is 1. The molecule has 0 unspecified atom stereocenters. The van der Waals surface area contributed by atoms with Crippen molar-refractivity contribution in [2.75, 3.05) is 43.0 Å². The number of aryl methyl sites for hydroxylation is 1. The molecule has 1 aromatic carbocycles. The van der Waals surface area contributed by atoms with Gasteiger partial charge in [-0.05, 0) is 37.3 Å². The number of hydrogen-bond donors (Lipinski definition) is 2. The number of nitrogens with zero attached hydrogens (tertiary/aromatic N) is 4. The Morgan fingerprint density at radius 3 is 2.73 bits per heavy atom. The van der Waals surface area contributed by atoms with Gasteiger partial charge in [0.2, 0.25) is 5.95 Å². The van der Waals surface area contributed by atoms with Gasteiger partial charge < -0.3 is 20.3 Å². The molecule has 1 amide bonds. The smallest absolute Gasteiger partial charge is 0.263 e. The van der Waals surface area contributed by atoms with Crippen LogP contribution in [0, 0.1) is 6.92 Å². The van der Waals surface area contributed by atoms with Crippen molar-refractivity contribution in [3.05, 3.63) is 46.1 Å². The normalized spacial score (nSPS) is 14.0. The van der Waals surface area contributed by atoms with Crippen LogP contribution in [0.4, 0.5) is 11.8 Å². The van der Waals surface area contributed by atoms with Gasteiger partial charge in [-0.2, -0.15) is 0 Å². The number of aromatic nitrogens is 3. The summed E-state index contributed by atoms with van der Waals surface area (Å²) in [6.45, 7) is 5.23. The maximum absolute atomic E-state index is 12.3. The number of rotatable bonds is 5. The molecule has 4 rings (SSSR count). The summed E-state index contributed by atoms with van der Waals surface area (Å²) in [5.41, 5.74) is 2.14. The van der Waals surface area contributed by atoms with Crippen LogP contribution < -0.4 is 20.3 Å². The standard InChI is InChI=1S/C20H20Cl2N6O2/c1-12-19-15(25-20(24-12)28-8-6-23-7-9-28)3-5-17(27-19)26-18(29)11-30-16-4-2-13(21)10-14(16)22/h2-5,10,23H,6-9,11H2,1H3,(H,26,27,29). The lowest BCUT2D eigenvalue weighted by atomic mass is 10.3. The Balaban J connectivity index is 1.45. The van der Waals surface area contributed by atoms with Gasteiger partial charge in [0.25, 0.3) is 5.91 Å². The summed E-state index contributed by atoms with van der Waals surface area (Å²) in [4.78, 5) is 28.1. The highest BCUT2D eigenvalue weighted by Gasteiger charge is 2.16. The van der Waals surface area contributed by atoms with E-state index in [4.69, 9.17) is 27.9 Å². The number of hydrogen-bond acceptors (Lipinski definition) is 7. The highest BCUT2D eigenvalue weighted by Crippen LogP contribution is 2.27. The molecule has 2 N–H and O–H groups in total. The van der Waals surface area contributed by atoms with E-state index >= 15 is 0 Å². The van der Waals surface area contributed by atoms with Gasteiger partial charge in [0.15, 0.2) is 6.61 Å². The van der Waals surface area contributed by atoms with Gasteiger partial charge in [-0.25, -0.2) is 15.0 Å². The van der Waals surface area contributed by atoms with E-state index in [0.717, 1.165) is 37.4 Å². The molecule has 10 heteroatoms. The molecule has 1 fully saturated rings. The van der Waals surface area contributed by atoms with Crippen molar-refractivity contribution in [1.29, 1.82) is 0 Å². The number of amides is 1. The van der Waals surface area contributed by atoms with Crippen LogP contribution in [0.3, 0.4) is 0 Å². The molecule has 1 saturated heterocycles. The Labute approximate surface area is 183 Å². The summed E-state index contributed by atoms with van der Waals surface area (Å²) in [5, 5.41) is 6.87. The lowest BCUT2D eigenvalue weighted by Crippen LogP contribution is -2.44. The number of carbonyl (C=O) groups is 1. The molecule has 8 nitrogen and oxygen atoms in total. The molecule has 0 radical (unpaired) electrons. The van der Waals surface area contributed by atoms with E-state index in [1.807, 2.05) is 13.0 Å². The average molecular weight is 447 g/mol. The Morgan fingerprint density at radius 2 is 1.97 bits per heavy atom. The average Bonchev–Trinajstić information content (AvgIpc) is 2.74. The molecule has 0 aliphatic carbocycles. The first kappa shape index (κ1) is 20.6. The van der Waals surface area contributed by atoms with Crippen molar-refractivity contribution in [3.8, 4) is 5.75 Å². The van der Waals surface area contributed by atoms with Crippen LogP contribution in [0.15, 0.2) is 30.3 Å². The number of nitrogens with one attached hydrogen (secondary N) is 2. The number of pyridine rings is 1. The van der Waals surface area contributed by atoms with Gasteiger partial charge in [-0.15, -0.1) is 0 Å². The predicted molar refractivity (Wildman–Crippen MR) is 118 cm³/mol. The lowest BCUT2D eigenvalue weighted by Gasteiger charge is -2.27. The third kappa shape index (κ3) is 4.72. The van der Waals surface area contributed by atoms with E-state index in [1.54, 1.807) is 24.3 Å². The van der Waals surface area contributed by atoms with Crippen LogP contribution in [0.25, 0.3) is 11.0 Å². The Kier molecular flexibility index (Phi) is 6.17. The van der Waals surface area contributed by atoms with E-state index < -0.39 is 0 Å². The molecule has 0 atom stereocenters. The van der Waals surface area contributed by atoms with Gasteiger partial charge in [0, 0.05) is 31.2 Å². The summed E-state index contributed by atoms with van der Waals surface area (Å²) in [7, 11) is 0. The van der Waals surface area contributed by atoms with E-state index in [2.05, 4.69) is 30.5 Å². The highest BCUT2D eigenvalue weighted by molar-refractivity contribution is 6.35. The first-order valence-electron chi connectivity index (χ1n) is 9.48. The van der Waals surface area contributed by atoms with Crippen LogP contribution in [-0.4, -0.2) is 53.6 Å². The predicted octanol–water partition coefficient (Wildman–Crippen LogP) is 3.07. The van der Waals surface area contributed by atoms with Crippen molar-refractivity contribution < 1.29 is 9.53 Å². The van der Waals surface area contributed by atoms with Gasteiger partial charge in [-0.1, -0.05) is 23.2 Å². The van der Waals surface area contributed by atoms with Gasteiger partial charge in [0.1, 0.15) is 17.1 Å². The maximum atomic E-state index is 12.3. The van der Waals surface area contributed by atoms with E-state index in [1.165, 1.54) is 0 Å². The minimum absolute atomic E-state index is 0.210. The second kappa shape index (κ2) is 8.99. The number of piperazine rings is 1. The molecule has 2 aromatic heterocycles. The number of carbonyl (C=O) groups excluding carboxylic acids is 1. The Hall–Kier alpha value is -2.68. The van der Waals surface area contributed by atoms with Crippen LogP contribution >= 0.6 is 23.2 Å². The molecular formula is C20H20Cl2N6O2. The first-order chi connectivity index (χ1) is 14.5. The van der Waals surface area contributed by atoms with Crippen LogP contribution in [-0.2, 0) is 4.79 Å². The zero-order valence-electron chi connectivity index (χ0n) is 16.3. The SMILES string of the molecule is Cc1nc(N2CCNCC2)nc2ccc(NC(=O)COc3ccc(Cl)cc3Cl)nc12. The second-order valence-electron chi connectivity index (χ2n) is 6.82. The Bertz CT molecular complexity index is 1090. The molecule has 3 aromatic rings. The van der Waals surface area contributed by atoms with Crippen molar-refractivity contribution >= 4 is 51.9 Å². The largest absolute Gasteiger partial charge is 0.482 e. The van der Waals surface area contributed by atoms with Crippen molar-refractivity contribution in [1.82, 2.24) is 20.3 Å². The number of benzene rings is 1. The fraction of sp³-hybridized carbons (Fsp3) is 0.300. The topological polar surface area (TPSA) is 92.3 Å². The Morgan fingerprint density at radius 1 is 1.17 bits per heavy atom. The summed E-state index contributed by atoms with van der Waals surface area (Å²) < 4.78 is 5.45. The van der Waals surface area contributed by atoms with Crippen molar-refractivity contribution in [3.63, 3.8) is 0 Å². The van der Waals surface area contributed by atoms with Crippen molar-refractivity contribution in [2.45, 2.75) is 6.92 Å². The molecule has 3 heterocycles. The highest BCUT2D eigenvalue weighted by atomic mass is 35.5. The van der Waals surface area contributed by atoms with Crippen LogP contribution in [0.5, 0.6) is 5.75 Å². The third-order valence-corrected chi connectivity index (χ3v) is 5.16. The summed E-state index contributed by atoms with van der Waals surface area (Å²) in [6, 6.07) is 8.35. The molecule has 0 bridgehead atoms. The monoisotopic (exact) mass is 446 g/mol. The third-order valence-electron chi connectivity index (χ3n) is 4.62. The molecule has 30 heavy (non-hydrogen) atoms. The zero-order valence-corrected chi connectivity index (χ0v) is 17.8. The van der Waals surface area contributed by atoms with Crippen LogP contribution in [0.1, 0.15) is 5.69 Å². The van der Waals surface area contributed by atoms with E-state index in [0.29, 0.717) is 33.1 Å². The molecule has 0 saturated carbocycles. The molecule has 1 aliphatic heterocycles. The fourth-order valence-electron chi connectivity index (χ4n) is 3.13. The zero-order chi connectivity index (χ0) is 21.1. The quantitative estimate of drug-likeness (QED) is 0.621. The summed E-state index contributed by atoms with van der Waals surface area (Å²) >= 11 is 11.9. The minimum Gasteiger partial charge on any atom is -0.482 e. The minimum atomic E-state index is -0.358. The van der Waals surface area contributed by atoms with Gasteiger partial charge in [-0.3, -0.25) is 4.79 Å².